The number of hydrogen-bond donors (Lipinski definition) is 1. The first-order valence-corrected chi connectivity index (χ1v) is 7.87. The Morgan fingerprint density at radius 2 is 2.18 bits per heavy atom. The molecular weight excluding hydrogens is 273 g/mol. The van der Waals surface area contributed by atoms with Crippen LogP contribution >= 0.6 is 35.0 Å². The summed E-state index contributed by atoms with van der Waals surface area (Å²) < 4.78 is 0. The van der Waals surface area contributed by atoms with Crippen LogP contribution in [0.15, 0.2) is 18.2 Å². The van der Waals surface area contributed by atoms with E-state index < -0.39 is 0 Å². The van der Waals surface area contributed by atoms with E-state index in [-0.39, 0.29) is 0 Å². The summed E-state index contributed by atoms with van der Waals surface area (Å²) in [6.45, 7) is 3.19. The van der Waals surface area contributed by atoms with Crippen LogP contribution in [0.3, 0.4) is 0 Å². The molecule has 1 aliphatic rings. The van der Waals surface area contributed by atoms with Crippen molar-refractivity contribution in [1.29, 1.82) is 0 Å². The van der Waals surface area contributed by atoms with Crippen LogP contribution in [0, 0.1) is 5.92 Å². The molecule has 1 nitrogen and oxygen atoms in total. The topological polar surface area (TPSA) is 12.0 Å². The molecule has 1 heterocycles. The van der Waals surface area contributed by atoms with Crippen LogP contribution in [-0.4, -0.2) is 24.1 Å². The fourth-order valence-electron chi connectivity index (χ4n) is 2.28. The minimum Gasteiger partial charge on any atom is -0.313 e. The third kappa shape index (κ3) is 3.31. The molecule has 17 heavy (non-hydrogen) atoms. The van der Waals surface area contributed by atoms with Crippen LogP contribution in [0.5, 0.6) is 0 Å². The highest BCUT2D eigenvalue weighted by Gasteiger charge is 2.27. The number of rotatable bonds is 4. The maximum Gasteiger partial charge on any atom is 0.0624 e. The van der Waals surface area contributed by atoms with Gasteiger partial charge in [0.25, 0.3) is 0 Å². The van der Waals surface area contributed by atoms with Crippen molar-refractivity contribution in [3.05, 3.63) is 33.8 Å². The molecule has 0 aliphatic carbocycles. The van der Waals surface area contributed by atoms with Crippen molar-refractivity contribution >= 4 is 35.0 Å². The van der Waals surface area contributed by atoms with E-state index >= 15 is 0 Å². The molecule has 0 saturated carbocycles. The molecule has 2 atom stereocenters. The van der Waals surface area contributed by atoms with E-state index in [0.717, 1.165) is 18.0 Å². The van der Waals surface area contributed by atoms with Gasteiger partial charge in [-0.3, -0.25) is 0 Å². The molecule has 0 radical (unpaired) electrons. The lowest BCUT2D eigenvalue weighted by Gasteiger charge is -2.20. The van der Waals surface area contributed by atoms with E-state index in [0.29, 0.717) is 17.0 Å². The van der Waals surface area contributed by atoms with Gasteiger partial charge in [0.2, 0.25) is 0 Å². The first-order valence-electron chi connectivity index (χ1n) is 5.96. The quantitative estimate of drug-likeness (QED) is 0.903. The van der Waals surface area contributed by atoms with Gasteiger partial charge < -0.3 is 5.32 Å². The summed E-state index contributed by atoms with van der Waals surface area (Å²) in [5.41, 5.74) is 1.18. The molecule has 0 amide bonds. The maximum absolute atomic E-state index is 6.24. The van der Waals surface area contributed by atoms with Crippen LogP contribution in [0.25, 0.3) is 0 Å². The lowest BCUT2D eigenvalue weighted by Crippen LogP contribution is -2.36. The van der Waals surface area contributed by atoms with Gasteiger partial charge in [0.1, 0.15) is 0 Å². The summed E-state index contributed by atoms with van der Waals surface area (Å²) in [5, 5.41) is 4.94. The summed E-state index contributed by atoms with van der Waals surface area (Å²) in [4.78, 5) is 0. The van der Waals surface area contributed by atoms with Gasteiger partial charge in [-0.15, -0.1) is 0 Å². The van der Waals surface area contributed by atoms with Crippen molar-refractivity contribution in [2.75, 3.05) is 18.1 Å². The molecule has 4 heteroatoms. The van der Waals surface area contributed by atoms with Gasteiger partial charge in [-0.05, 0) is 36.3 Å². The smallest absolute Gasteiger partial charge is 0.0624 e. The average molecular weight is 290 g/mol. The third-order valence-electron chi connectivity index (χ3n) is 3.18. The Bertz CT molecular complexity index is 384. The van der Waals surface area contributed by atoms with E-state index in [1.54, 1.807) is 0 Å². The molecule has 1 aliphatic heterocycles. The lowest BCUT2D eigenvalue weighted by atomic mass is 9.95. The fraction of sp³-hybridized carbons (Fsp3) is 0.538. The Morgan fingerprint density at radius 3 is 2.94 bits per heavy atom. The SMILES string of the molecule is CCNC1CSCC1Cc1cccc(Cl)c1Cl. The molecule has 0 spiro atoms. The molecule has 2 rings (SSSR count). The minimum atomic E-state index is 0.611. The highest BCUT2D eigenvalue weighted by atomic mass is 35.5. The number of hydrogen-bond acceptors (Lipinski definition) is 2. The van der Waals surface area contributed by atoms with Gasteiger partial charge in [0, 0.05) is 11.8 Å². The standard InChI is InChI=1S/C13H17Cl2NS/c1-2-16-12-8-17-7-10(12)6-9-4-3-5-11(14)13(9)15/h3-5,10,12,16H,2,6-8H2,1H3. The number of nitrogens with one attached hydrogen (secondary N) is 1. The van der Waals surface area contributed by atoms with E-state index in [9.17, 15) is 0 Å². The Labute approximate surface area is 117 Å². The maximum atomic E-state index is 6.24. The predicted molar refractivity (Wildman–Crippen MR) is 78.4 cm³/mol. The Hall–Kier alpha value is 0.110. The zero-order chi connectivity index (χ0) is 12.3. The molecular formula is C13H17Cl2NS. The summed E-state index contributed by atoms with van der Waals surface area (Å²) in [5.74, 6) is 3.08. The highest BCUT2D eigenvalue weighted by Crippen LogP contribution is 2.32. The molecule has 1 fully saturated rings. The largest absolute Gasteiger partial charge is 0.313 e. The van der Waals surface area contributed by atoms with Crippen molar-refractivity contribution in [1.82, 2.24) is 5.32 Å². The summed E-state index contributed by atoms with van der Waals surface area (Å²) in [7, 11) is 0. The van der Waals surface area contributed by atoms with Crippen LogP contribution < -0.4 is 5.32 Å². The first-order chi connectivity index (χ1) is 8.22. The van der Waals surface area contributed by atoms with Crippen LogP contribution in [-0.2, 0) is 6.42 Å². The number of benzene rings is 1. The van der Waals surface area contributed by atoms with Crippen molar-refractivity contribution in [2.24, 2.45) is 5.92 Å². The van der Waals surface area contributed by atoms with E-state index in [1.807, 2.05) is 23.9 Å². The minimum absolute atomic E-state index is 0.611. The molecule has 0 aromatic heterocycles. The highest BCUT2D eigenvalue weighted by molar-refractivity contribution is 7.99. The van der Waals surface area contributed by atoms with Gasteiger partial charge in [0.15, 0.2) is 0 Å². The summed E-state index contributed by atoms with van der Waals surface area (Å²) >= 11 is 14.3. The van der Waals surface area contributed by atoms with Crippen molar-refractivity contribution < 1.29 is 0 Å². The number of halogens is 2. The molecule has 2 unspecified atom stereocenters. The second-order valence-electron chi connectivity index (χ2n) is 4.38. The van der Waals surface area contributed by atoms with Crippen LogP contribution in [0.1, 0.15) is 12.5 Å². The van der Waals surface area contributed by atoms with Gasteiger partial charge >= 0.3 is 0 Å². The van der Waals surface area contributed by atoms with E-state index in [1.165, 1.54) is 17.1 Å². The van der Waals surface area contributed by atoms with Crippen LogP contribution in [0.2, 0.25) is 10.0 Å². The summed E-state index contributed by atoms with van der Waals surface area (Å²) in [6.07, 6.45) is 1.02. The van der Waals surface area contributed by atoms with Crippen LogP contribution in [0.4, 0.5) is 0 Å². The van der Waals surface area contributed by atoms with Crippen molar-refractivity contribution in [3.63, 3.8) is 0 Å². The normalized spacial score (nSPS) is 24.2. The summed E-state index contributed by atoms with van der Waals surface area (Å²) in [6, 6.07) is 6.52. The van der Waals surface area contributed by atoms with E-state index in [4.69, 9.17) is 23.2 Å². The predicted octanol–water partition coefficient (Wildman–Crippen LogP) is 3.88. The molecule has 1 aromatic carbocycles. The first kappa shape index (κ1) is 13.5. The molecule has 0 bridgehead atoms. The van der Waals surface area contributed by atoms with E-state index in [2.05, 4.69) is 18.3 Å². The monoisotopic (exact) mass is 289 g/mol. The zero-order valence-corrected chi connectivity index (χ0v) is 12.2. The molecule has 1 N–H and O–H groups in total. The Balaban J connectivity index is 2.07. The lowest BCUT2D eigenvalue weighted by molar-refractivity contribution is 0.434. The molecule has 1 saturated heterocycles. The van der Waals surface area contributed by atoms with Gasteiger partial charge in [0.05, 0.1) is 10.0 Å². The molecule has 1 aromatic rings. The second kappa shape index (κ2) is 6.33. The Morgan fingerprint density at radius 1 is 1.35 bits per heavy atom. The van der Waals surface area contributed by atoms with Gasteiger partial charge in [-0.1, -0.05) is 42.3 Å². The zero-order valence-electron chi connectivity index (χ0n) is 9.88. The van der Waals surface area contributed by atoms with Gasteiger partial charge in [-0.2, -0.15) is 11.8 Å². The fourth-order valence-corrected chi connectivity index (χ4v) is 4.11. The number of thioether (sulfide) groups is 1. The Kier molecular flexibility index (Phi) is 5.04. The average Bonchev–Trinajstić information content (AvgIpc) is 2.73. The molecule has 94 valence electrons. The third-order valence-corrected chi connectivity index (χ3v) is 5.30. The second-order valence-corrected chi connectivity index (χ2v) is 6.24. The van der Waals surface area contributed by atoms with Crippen molar-refractivity contribution in [2.45, 2.75) is 19.4 Å². The van der Waals surface area contributed by atoms with Gasteiger partial charge in [-0.25, -0.2) is 0 Å². The van der Waals surface area contributed by atoms with Crippen molar-refractivity contribution in [3.8, 4) is 0 Å².